The van der Waals surface area contributed by atoms with Crippen LogP contribution in [0, 0.1) is 13.8 Å². The van der Waals surface area contributed by atoms with Crippen LogP contribution in [0.15, 0.2) is 72.8 Å². The Bertz CT molecular complexity index is 5180. The Kier molecular flexibility index (Phi) is 31.4. The second kappa shape index (κ2) is 42.3. The Morgan fingerprint density at radius 2 is 0.513 bits per heavy atom. The summed E-state index contributed by atoms with van der Waals surface area (Å²) in [6.45, 7) is 14.2. The van der Waals surface area contributed by atoms with Crippen molar-refractivity contribution < 1.29 is 19.2 Å². The molecule has 0 aliphatic carbocycles. The molecule has 0 bridgehead atoms. The van der Waals surface area contributed by atoms with E-state index < -0.39 is 0 Å². The molecule has 9 aromatic heterocycles. The number of aromatic nitrogens is 4. The average Bonchev–Trinajstić information content (AvgIpc) is 1.57. The number of amides is 4. The van der Waals surface area contributed by atoms with Crippen LogP contribution in [0.1, 0.15) is 347 Å². The third kappa shape index (κ3) is 19.9. The molecule has 0 spiro atoms. The van der Waals surface area contributed by atoms with Crippen molar-refractivity contribution in [2.45, 2.75) is 311 Å². The summed E-state index contributed by atoms with van der Waals surface area (Å²) in [7, 11) is 0. The van der Waals surface area contributed by atoms with E-state index in [0.717, 1.165) is 124 Å². The molecule has 0 radical (unpaired) electrons. The maximum absolute atomic E-state index is 15.7. The number of rotatable bonds is 51. The van der Waals surface area contributed by atoms with Crippen molar-refractivity contribution in [2.24, 2.45) is 0 Å². The lowest BCUT2D eigenvalue weighted by Crippen LogP contribution is -2.30. The van der Waals surface area contributed by atoms with Crippen LogP contribution >= 0.6 is 103 Å². The van der Waals surface area contributed by atoms with Crippen LogP contribution in [0.4, 0.5) is 0 Å². The number of hydrogen-bond donors (Lipinski definition) is 0. The SMILES string of the molecule is CCCCCCCCCCCCc1c2cc(-c3ccc(-c4c5c(c(-c6ccc(-c7ccc(-c8ccc(-c9c%10c(c(-c%11ccc(C)s%11)c%11nsnc9%11)C(=O)N(CCCCCCCCCCCC)C%10=O)s8)s7)s6)c6nsnc46)C(=O)N(CCCCCCCCCCCC)C5=O)s3)sc2c(CCCCCCCCCCCC)c2cc(C)sc12. The molecule has 2 aliphatic rings. The van der Waals surface area contributed by atoms with Crippen LogP contribution < -0.4 is 0 Å². The summed E-state index contributed by atoms with van der Waals surface area (Å²) in [4.78, 5) is 77.0. The molecule has 4 amide bonds. The van der Waals surface area contributed by atoms with E-state index in [1.807, 2.05) is 28.7 Å². The summed E-state index contributed by atoms with van der Waals surface area (Å²) >= 11 is 14.5. The lowest BCUT2D eigenvalue weighted by atomic mass is 9.93. The van der Waals surface area contributed by atoms with Gasteiger partial charge < -0.3 is 0 Å². The number of aryl methyl sites for hydroxylation is 4. The lowest BCUT2D eigenvalue weighted by Gasteiger charge is -2.13. The van der Waals surface area contributed by atoms with Gasteiger partial charge in [-0.25, -0.2) is 0 Å². The van der Waals surface area contributed by atoms with Crippen molar-refractivity contribution >= 4 is 169 Å². The average molecular weight is 1710 g/mol. The van der Waals surface area contributed by atoms with E-state index >= 15 is 14.4 Å². The summed E-state index contributed by atoms with van der Waals surface area (Å²) in [5.74, 6) is -0.972. The zero-order valence-corrected chi connectivity index (χ0v) is 76.4. The molecule has 0 N–H and O–H groups in total. The first-order valence-electron chi connectivity index (χ1n) is 44.3. The van der Waals surface area contributed by atoms with Crippen LogP contribution in [0.2, 0.25) is 0 Å². The van der Waals surface area contributed by atoms with Crippen LogP contribution in [0.3, 0.4) is 0 Å². The maximum Gasteiger partial charge on any atom is 0.262 e. The van der Waals surface area contributed by atoms with Crippen LogP contribution in [0.25, 0.3) is 113 Å². The van der Waals surface area contributed by atoms with Gasteiger partial charge in [0.2, 0.25) is 0 Å². The normalized spacial score (nSPS) is 13.1. The predicted octanol–water partition coefficient (Wildman–Crippen LogP) is 32.7. The van der Waals surface area contributed by atoms with E-state index in [9.17, 15) is 4.79 Å². The molecule has 610 valence electrons. The fraction of sp³-hybridized carbons (Fsp3) is 0.521. The van der Waals surface area contributed by atoms with Gasteiger partial charge in [0.1, 0.15) is 22.1 Å². The molecule has 115 heavy (non-hydrogen) atoms. The van der Waals surface area contributed by atoms with Gasteiger partial charge in [0.25, 0.3) is 23.6 Å². The fourth-order valence-electron chi connectivity index (χ4n) is 17.7. The van der Waals surface area contributed by atoms with Crippen molar-refractivity contribution in [1.29, 1.82) is 0 Å². The van der Waals surface area contributed by atoms with Gasteiger partial charge in [0.15, 0.2) is 0 Å². The smallest absolute Gasteiger partial charge is 0.262 e. The first-order chi connectivity index (χ1) is 56.5. The first-order valence-corrected chi connectivity index (χ1v) is 51.5. The van der Waals surface area contributed by atoms with Gasteiger partial charge in [0, 0.05) is 103 Å². The van der Waals surface area contributed by atoms with E-state index in [2.05, 4.69) is 108 Å². The highest BCUT2D eigenvalue weighted by Gasteiger charge is 2.45. The maximum atomic E-state index is 15.7. The molecule has 0 atom stereocenters. The molecule has 11 heterocycles. The van der Waals surface area contributed by atoms with Crippen LogP contribution in [-0.4, -0.2) is 64.0 Å². The molecule has 0 saturated heterocycles. The zero-order chi connectivity index (χ0) is 79.6. The van der Waals surface area contributed by atoms with Crippen molar-refractivity contribution in [3.63, 3.8) is 0 Å². The van der Waals surface area contributed by atoms with E-state index in [-0.39, 0.29) is 23.6 Å². The third-order valence-corrected chi connectivity index (χ3v) is 33.3. The summed E-state index contributed by atoms with van der Waals surface area (Å²) < 4.78 is 23.0. The van der Waals surface area contributed by atoms with Crippen LogP contribution in [-0.2, 0) is 12.8 Å². The van der Waals surface area contributed by atoms with Gasteiger partial charge in [-0.1, -0.05) is 259 Å². The van der Waals surface area contributed by atoms with E-state index in [4.69, 9.17) is 17.5 Å². The summed E-state index contributed by atoms with van der Waals surface area (Å²) in [6, 6.07) is 26.4. The largest absolute Gasteiger partial charge is 0.274 e. The third-order valence-electron chi connectivity index (χ3n) is 24.0. The number of benzene rings is 3. The fourth-order valence-corrected chi connectivity index (χ4v) is 26.6. The molecule has 14 rings (SSSR count). The molecule has 0 unspecified atom stereocenters. The zero-order valence-electron chi connectivity index (χ0n) is 69.0. The van der Waals surface area contributed by atoms with E-state index in [0.29, 0.717) is 74.1 Å². The van der Waals surface area contributed by atoms with Crippen molar-refractivity contribution in [1.82, 2.24) is 27.3 Å². The highest BCUT2D eigenvalue weighted by molar-refractivity contribution is 7.29. The number of hydrogen-bond acceptors (Lipinski definition) is 17. The minimum absolute atomic E-state index is 0.236. The molecular formula is C96H118N6O4S9. The molecule has 12 aromatic rings. The second-order valence-electron chi connectivity index (χ2n) is 32.7. The van der Waals surface area contributed by atoms with Gasteiger partial charge in [-0.05, 0) is 147 Å². The Morgan fingerprint density at radius 1 is 0.252 bits per heavy atom. The molecular weight excluding hydrogens is 1590 g/mol. The Morgan fingerprint density at radius 3 is 0.835 bits per heavy atom. The number of carbonyl (C=O) groups is 4. The number of fused-ring (bicyclic) bond motifs is 6. The summed E-state index contributed by atoms with van der Waals surface area (Å²) in [5, 5.41) is 2.90. The molecule has 3 aromatic carbocycles. The first kappa shape index (κ1) is 85.4. The number of imide groups is 2. The van der Waals surface area contributed by atoms with E-state index in [1.54, 1.807) is 61.6 Å². The van der Waals surface area contributed by atoms with Gasteiger partial charge in [0.05, 0.1) is 45.7 Å². The standard InChI is InChI=1S/C96H118N6O4S9/c1-7-11-15-19-23-27-31-35-39-43-47-65-67-61-64(6)108-91(67)66(48-44-40-36-32-28-24-20-16-12-8-2)68-62-78(113-92(65)68)73-55-58-77(112-73)82-86-85(95(105)102(96(86)106)60-46-42-38-34-30-26-22-18-14-10-4)81(89-90(82)100-115-99-89)76-57-54-72(111-76)70-52-51-69(109-70)71-53-56-75(110-71)80-84-83(79(74-50-49-63(5)107-74)87-88(80)98-114-97-87)93(103)101(94(84)104)59-45-41-37-33-29-25-21-17-13-9-3/h49-58,61-62H,7-48,59-60H2,1-6H3. The van der Waals surface area contributed by atoms with Crippen molar-refractivity contribution in [2.75, 3.05) is 13.1 Å². The predicted molar refractivity (Wildman–Crippen MR) is 502 cm³/mol. The molecule has 10 nitrogen and oxygen atoms in total. The van der Waals surface area contributed by atoms with Crippen LogP contribution in [0.5, 0.6) is 0 Å². The molecule has 0 saturated carbocycles. The number of nitrogens with zero attached hydrogens (tertiary/aromatic N) is 6. The molecule has 19 heteroatoms. The minimum atomic E-state index is -0.250. The van der Waals surface area contributed by atoms with Gasteiger partial charge >= 0.3 is 0 Å². The van der Waals surface area contributed by atoms with Gasteiger partial charge in [-0.3, -0.25) is 29.0 Å². The van der Waals surface area contributed by atoms with Crippen molar-refractivity contribution in [3.8, 4) is 71.0 Å². The van der Waals surface area contributed by atoms with Gasteiger partial charge in [-0.2, -0.15) is 17.5 Å². The summed E-state index contributed by atoms with van der Waals surface area (Å²) in [5.41, 5.74) is 10.3. The van der Waals surface area contributed by atoms with Crippen molar-refractivity contribution in [3.05, 3.63) is 116 Å². The number of thiophene rings is 7. The highest BCUT2D eigenvalue weighted by Crippen LogP contribution is 2.54. The Labute approximate surface area is 720 Å². The lowest BCUT2D eigenvalue weighted by molar-refractivity contribution is 0.0636. The second-order valence-corrected chi connectivity index (χ2v) is 41.6. The monoisotopic (exact) mass is 1710 g/mol. The Balaban J connectivity index is 0.759. The minimum Gasteiger partial charge on any atom is -0.274 e. The summed E-state index contributed by atoms with van der Waals surface area (Å²) in [6.07, 6.45) is 51.9. The topological polar surface area (TPSA) is 126 Å². The molecule has 0 fully saturated rings. The number of carbonyl (C=O) groups excluding carboxylic acids is 4. The highest BCUT2D eigenvalue weighted by atomic mass is 32.1. The Hall–Kier alpha value is -6.00. The quantitative estimate of drug-likeness (QED) is 0.0273. The van der Waals surface area contributed by atoms with E-state index in [1.165, 1.54) is 269 Å². The number of unbranched alkanes of at least 4 members (excludes halogenated alkanes) is 36. The van der Waals surface area contributed by atoms with Gasteiger partial charge in [-0.15, -0.1) is 79.4 Å². The molecule has 2 aliphatic heterocycles.